The molecule has 2 aromatic carbocycles. The molecule has 0 aliphatic carbocycles. The molecule has 0 aromatic heterocycles. The van der Waals surface area contributed by atoms with Gasteiger partial charge in [0.2, 0.25) is 5.91 Å². The Bertz CT molecular complexity index is 643. The fraction of sp³-hybridized carbons (Fsp3) is 0.316. The number of halogens is 1. The third-order valence-corrected chi connectivity index (χ3v) is 3.98. The van der Waals surface area contributed by atoms with Crippen molar-refractivity contribution in [1.82, 2.24) is 5.32 Å². The topological polar surface area (TPSA) is 41.1 Å². The van der Waals surface area contributed by atoms with Crippen LogP contribution in [0.25, 0.3) is 0 Å². The molecule has 122 valence electrons. The molecule has 0 heterocycles. The quantitative estimate of drug-likeness (QED) is 0.809. The van der Waals surface area contributed by atoms with Gasteiger partial charge in [0, 0.05) is 16.8 Å². The second-order valence-corrected chi connectivity index (χ2v) is 6.46. The molecule has 0 spiro atoms. The van der Waals surface area contributed by atoms with Crippen molar-refractivity contribution < 1.29 is 4.79 Å². The molecule has 2 rings (SSSR count). The van der Waals surface area contributed by atoms with E-state index in [2.05, 4.69) is 36.6 Å². The average molecular weight is 331 g/mol. The van der Waals surface area contributed by atoms with E-state index >= 15 is 0 Å². The summed E-state index contributed by atoms with van der Waals surface area (Å²) in [6.45, 7) is 6.16. The number of benzene rings is 2. The Kier molecular flexibility index (Phi) is 6.20. The summed E-state index contributed by atoms with van der Waals surface area (Å²) >= 11 is 5.95. The molecule has 0 saturated carbocycles. The number of nitrogens with one attached hydrogen (secondary N) is 2. The van der Waals surface area contributed by atoms with Crippen LogP contribution in [0.15, 0.2) is 54.6 Å². The Morgan fingerprint density at radius 2 is 1.70 bits per heavy atom. The number of carbonyl (C=O) groups excluding carboxylic acids is 1. The number of rotatable bonds is 6. The van der Waals surface area contributed by atoms with Crippen LogP contribution in [0.2, 0.25) is 5.02 Å². The molecule has 0 bridgehead atoms. The lowest BCUT2D eigenvalue weighted by molar-refractivity contribution is -0.118. The molecule has 4 heteroatoms. The highest BCUT2D eigenvalue weighted by Crippen LogP contribution is 2.22. The van der Waals surface area contributed by atoms with Gasteiger partial charge in [-0.2, -0.15) is 0 Å². The highest BCUT2D eigenvalue weighted by Gasteiger charge is 2.21. The van der Waals surface area contributed by atoms with Crippen molar-refractivity contribution in [2.75, 3.05) is 5.32 Å². The van der Waals surface area contributed by atoms with E-state index in [1.54, 1.807) is 12.1 Å². The fourth-order valence-corrected chi connectivity index (χ4v) is 2.69. The van der Waals surface area contributed by atoms with Gasteiger partial charge < -0.3 is 5.32 Å². The summed E-state index contributed by atoms with van der Waals surface area (Å²) in [5.41, 5.74) is 1.89. The van der Waals surface area contributed by atoms with Gasteiger partial charge >= 0.3 is 0 Å². The van der Waals surface area contributed by atoms with Gasteiger partial charge in [-0.15, -0.1) is 0 Å². The van der Waals surface area contributed by atoms with Crippen LogP contribution >= 0.6 is 11.6 Å². The van der Waals surface area contributed by atoms with Gasteiger partial charge in [0.05, 0.1) is 6.04 Å². The molecule has 2 aromatic rings. The van der Waals surface area contributed by atoms with Crippen molar-refractivity contribution >= 4 is 23.2 Å². The van der Waals surface area contributed by atoms with Gasteiger partial charge in [0.25, 0.3) is 0 Å². The third kappa shape index (κ3) is 5.08. The second-order valence-electron chi connectivity index (χ2n) is 6.02. The highest BCUT2D eigenvalue weighted by molar-refractivity contribution is 6.30. The Balaban J connectivity index is 2.03. The molecule has 3 nitrogen and oxygen atoms in total. The number of hydrogen-bond acceptors (Lipinski definition) is 2. The van der Waals surface area contributed by atoms with Crippen LogP contribution < -0.4 is 10.6 Å². The lowest BCUT2D eigenvalue weighted by atomic mass is 9.95. The van der Waals surface area contributed by atoms with E-state index in [0.29, 0.717) is 16.6 Å². The van der Waals surface area contributed by atoms with E-state index in [1.807, 2.05) is 37.3 Å². The minimum Gasteiger partial charge on any atom is -0.325 e. The SMILES string of the molecule is CC(C)[C@H](N[C@@H](C)C(=O)Nc1cccc(Cl)c1)c1ccccc1. The Morgan fingerprint density at radius 3 is 2.30 bits per heavy atom. The first-order chi connectivity index (χ1) is 11.0. The Hall–Kier alpha value is -1.84. The zero-order valence-electron chi connectivity index (χ0n) is 13.7. The van der Waals surface area contributed by atoms with Gasteiger partial charge in [-0.05, 0) is 36.6 Å². The summed E-state index contributed by atoms with van der Waals surface area (Å²) in [5.74, 6) is 0.299. The number of amides is 1. The zero-order chi connectivity index (χ0) is 16.8. The number of carbonyl (C=O) groups is 1. The van der Waals surface area contributed by atoms with Crippen molar-refractivity contribution in [3.05, 3.63) is 65.2 Å². The van der Waals surface area contributed by atoms with Crippen molar-refractivity contribution in [3.63, 3.8) is 0 Å². The van der Waals surface area contributed by atoms with Gasteiger partial charge in [0.15, 0.2) is 0 Å². The van der Waals surface area contributed by atoms with Crippen LogP contribution in [0.3, 0.4) is 0 Å². The average Bonchev–Trinajstić information content (AvgIpc) is 2.52. The van der Waals surface area contributed by atoms with Crippen LogP contribution in [0.1, 0.15) is 32.4 Å². The molecule has 0 radical (unpaired) electrons. The van der Waals surface area contributed by atoms with E-state index in [4.69, 9.17) is 11.6 Å². The van der Waals surface area contributed by atoms with E-state index in [1.165, 1.54) is 5.56 Å². The molecule has 1 amide bonds. The normalized spacial score (nSPS) is 13.6. The maximum absolute atomic E-state index is 12.4. The molecule has 0 aliphatic heterocycles. The monoisotopic (exact) mass is 330 g/mol. The zero-order valence-corrected chi connectivity index (χ0v) is 14.5. The van der Waals surface area contributed by atoms with Crippen molar-refractivity contribution in [1.29, 1.82) is 0 Å². The first kappa shape index (κ1) is 17.5. The standard InChI is InChI=1S/C19H23ClN2O/c1-13(2)18(15-8-5-4-6-9-15)21-14(3)19(23)22-17-11-7-10-16(20)12-17/h4-14,18,21H,1-3H3,(H,22,23)/t14-,18-/m0/s1. The second kappa shape index (κ2) is 8.14. The molecule has 2 atom stereocenters. The van der Waals surface area contributed by atoms with Crippen LogP contribution in [0, 0.1) is 5.92 Å². The summed E-state index contributed by atoms with van der Waals surface area (Å²) in [6.07, 6.45) is 0. The molecular formula is C19H23ClN2O. The van der Waals surface area contributed by atoms with Crippen LogP contribution in [-0.2, 0) is 4.79 Å². The minimum atomic E-state index is -0.318. The molecule has 0 saturated heterocycles. The Morgan fingerprint density at radius 1 is 1.00 bits per heavy atom. The van der Waals surface area contributed by atoms with Crippen LogP contribution in [0.5, 0.6) is 0 Å². The summed E-state index contributed by atoms with van der Waals surface area (Å²) in [4.78, 5) is 12.4. The van der Waals surface area contributed by atoms with Gasteiger partial charge in [-0.1, -0.05) is 61.8 Å². The maximum atomic E-state index is 12.4. The van der Waals surface area contributed by atoms with E-state index in [-0.39, 0.29) is 18.0 Å². The molecular weight excluding hydrogens is 308 g/mol. The first-order valence-corrected chi connectivity index (χ1v) is 8.22. The van der Waals surface area contributed by atoms with E-state index in [0.717, 1.165) is 0 Å². The summed E-state index contributed by atoms with van der Waals surface area (Å²) in [6, 6.07) is 17.2. The first-order valence-electron chi connectivity index (χ1n) is 7.85. The maximum Gasteiger partial charge on any atom is 0.241 e. The Labute approximate surface area is 143 Å². The number of anilines is 1. The van der Waals surface area contributed by atoms with Crippen molar-refractivity contribution in [3.8, 4) is 0 Å². The summed E-state index contributed by atoms with van der Waals surface area (Å²) in [7, 11) is 0. The predicted octanol–water partition coefficient (Wildman–Crippen LogP) is 4.65. The fourth-order valence-electron chi connectivity index (χ4n) is 2.50. The van der Waals surface area contributed by atoms with Crippen molar-refractivity contribution in [2.24, 2.45) is 5.92 Å². The minimum absolute atomic E-state index is 0.0751. The predicted molar refractivity (Wildman–Crippen MR) is 96.7 cm³/mol. The van der Waals surface area contributed by atoms with E-state index in [9.17, 15) is 4.79 Å². The largest absolute Gasteiger partial charge is 0.325 e. The number of hydrogen-bond donors (Lipinski definition) is 2. The lowest BCUT2D eigenvalue weighted by Gasteiger charge is -2.26. The van der Waals surface area contributed by atoms with Crippen LogP contribution in [0.4, 0.5) is 5.69 Å². The smallest absolute Gasteiger partial charge is 0.241 e. The molecule has 0 fully saturated rings. The molecule has 0 unspecified atom stereocenters. The lowest BCUT2D eigenvalue weighted by Crippen LogP contribution is -2.41. The third-order valence-electron chi connectivity index (χ3n) is 3.74. The highest BCUT2D eigenvalue weighted by atomic mass is 35.5. The van der Waals surface area contributed by atoms with E-state index < -0.39 is 0 Å². The molecule has 2 N–H and O–H groups in total. The summed E-state index contributed by atoms with van der Waals surface area (Å²) in [5, 5.41) is 6.92. The molecule has 23 heavy (non-hydrogen) atoms. The summed E-state index contributed by atoms with van der Waals surface area (Å²) < 4.78 is 0. The van der Waals surface area contributed by atoms with Gasteiger partial charge in [-0.25, -0.2) is 0 Å². The van der Waals surface area contributed by atoms with Crippen LogP contribution in [-0.4, -0.2) is 11.9 Å². The molecule has 0 aliphatic rings. The van der Waals surface area contributed by atoms with Crippen molar-refractivity contribution in [2.45, 2.75) is 32.9 Å². The van der Waals surface area contributed by atoms with Gasteiger partial charge in [-0.3, -0.25) is 10.1 Å². The van der Waals surface area contributed by atoms with Gasteiger partial charge in [0.1, 0.15) is 0 Å².